The fourth-order valence-electron chi connectivity index (χ4n) is 2.97. The molecule has 0 bridgehead atoms. The van der Waals surface area contributed by atoms with Gasteiger partial charge in [-0.2, -0.15) is 0 Å². The summed E-state index contributed by atoms with van der Waals surface area (Å²) < 4.78 is 15.6. The molecular formula is C19H22N2O5. The molecule has 1 saturated heterocycles. The van der Waals surface area contributed by atoms with E-state index in [9.17, 15) is 9.59 Å². The molecule has 0 N–H and O–H groups in total. The third-order valence-electron chi connectivity index (χ3n) is 4.46. The zero-order valence-corrected chi connectivity index (χ0v) is 14.9. The first-order valence-corrected chi connectivity index (χ1v) is 8.42. The van der Waals surface area contributed by atoms with Gasteiger partial charge in [0.25, 0.3) is 5.91 Å². The number of carbonyl (C=O) groups is 2. The van der Waals surface area contributed by atoms with Gasteiger partial charge in [0.1, 0.15) is 11.5 Å². The molecule has 0 radical (unpaired) electrons. The predicted octanol–water partition coefficient (Wildman–Crippen LogP) is 1.94. The molecule has 7 nitrogen and oxygen atoms in total. The number of furan rings is 1. The fourth-order valence-corrected chi connectivity index (χ4v) is 2.97. The Kier molecular flexibility index (Phi) is 5.58. The average Bonchev–Trinajstić information content (AvgIpc) is 3.22. The molecule has 0 saturated carbocycles. The summed E-state index contributed by atoms with van der Waals surface area (Å²) in [4.78, 5) is 28.7. The summed E-state index contributed by atoms with van der Waals surface area (Å²) in [6, 6.07) is 8.52. The predicted molar refractivity (Wildman–Crippen MR) is 94.9 cm³/mol. The number of carbonyl (C=O) groups excluding carboxylic acids is 2. The number of amides is 1. The quantitative estimate of drug-likeness (QED) is 0.735. The van der Waals surface area contributed by atoms with E-state index >= 15 is 0 Å². The molecule has 26 heavy (non-hydrogen) atoms. The molecule has 1 aromatic carbocycles. The summed E-state index contributed by atoms with van der Waals surface area (Å²) in [5.74, 6) is 1.36. The van der Waals surface area contributed by atoms with Crippen LogP contribution >= 0.6 is 0 Å². The Hall–Kier alpha value is -2.80. The summed E-state index contributed by atoms with van der Waals surface area (Å²) in [6.45, 7) is 2.67. The van der Waals surface area contributed by atoms with E-state index in [1.54, 1.807) is 42.3 Å². The van der Waals surface area contributed by atoms with E-state index in [-0.39, 0.29) is 11.7 Å². The Morgan fingerprint density at radius 3 is 2.46 bits per heavy atom. The summed E-state index contributed by atoms with van der Waals surface area (Å²) in [5.41, 5.74) is 0.508. The number of methoxy groups -OCH3 is 2. The van der Waals surface area contributed by atoms with Crippen molar-refractivity contribution >= 4 is 11.7 Å². The van der Waals surface area contributed by atoms with Crippen molar-refractivity contribution in [2.75, 3.05) is 46.9 Å². The van der Waals surface area contributed by atoms with Crippen LogP contribution in [-0.2, 0) is 0 Å². The minimum atomic E-state index is -0.0819. The van der Waals surface area contributed by atoms with Crippen LogP contribution in [0.3, 0.4) is 0 Å². The molecule has 0 aliphatic carbocycles. The Morgan fingerprint density at radius 1 is 1.08 bits per heavy atom. The molecular weight excluding hydrogens is 336 g/mol. The highest BCUT2D eigenvalue weighted by atomic mass is 16.5. The van der Waals surface area contributed by atoms with Gasteiger partial charge in [-0.1, -0.05) is 0 Å². The molecule has 138 valence electrons. The van der Waals surface area contributed by atoms with Crippen molar-refractivity contribution in [3.8, 4) is 11.5 Å². The largest absolute Gasteiger partial charge is 0.497 e. The van der Waals surface area contributed by atoms with Crippen LogP contribution in [0.1, 0.15) is 20.9 Å². The number of rotatable bonds is 6. The van der Waals surface area contributed by atoms with Crippen molar-refractivity contribution in [3.63, 3.8) is 0 Å². The molecule has 1 amide bonds. The van der Waals surface area contributed by atoms with E-state index in [4.69, 9.17) is 13.9 Å². The van der Waals surface area contributed by atoms with Gasteiger partial charge < -0.3 is 18.8 Å². The topological polar surface area (TPSA) is 72.2 Å². The second-order valence-corrected chi connectivity index (χ2v) is 6.04. The lowest BCUT2D eigenvalue weighted by Crippen LogP contribution is -2.49. The second-order valence-electron chi connectivity index (χ2n) is 6.04. The van der Waals surface area contributed by atoms with Crippen molar-refractivity contribution in [2.45, 2.75) is 0 Å². The lowest BCUT2D eigenvalue weighted by molar-refractivity contribution is 0.0617. The summed E-state index contributed by atoms with van der Waals surface area (Å²) in [5, 5.41) is 0. The van der Waals surface area contributed by atoms with E-state index < -0.39 is 0 Å². The average molecular weight is 358 g/mol. The van der Waals surface area contributed by atoms with Gasteiger partial charge in [0.05, 0.1) is 32.6 Å². The third kappa shape index (κ3) is 3.88. The van der Waals surface area contributed by atoms with Crippen LogP contribution in [0.5, 0.6) is 11.5 Å². The minimum Gasteiger partial charge on any atom is -0.497 e. The molecule has 0 spiro atoms. The number of ether oxygens (including phenoxy) is 2. The smallest absolute Gasteiger partial charge is 0.257 e. The minimum absolute atomic E-state index is 0.0494. The van der Waals surface area contributed by atoms with E-state index in [1.165, 1.54) is 13.4 Å². The Morgan fingerprint density at radius 2 is 1.85 bits per heavy atom. The van der Waals surface area contributed by atoms with Crippen LogP contribution < -0.4 is 9.47 Å². The number of benzene rings is 1. The highest BCUT2D eigenvalue weighted by molar-refractivity contribution is 5.97. The fraction of sp³-hybridized carbons (Fsp3) is 0.368. The standard InChI is InChI=1S/C19H22N2O5/c1-24-14-5-6-15(18(12-14)25-2)19(23)21-9-7-20(8-10-21)13-16(22)17-4-3-11-26-17/h3-6,11-12H,7-10,13H2,1-2H3. The summed E-state index contributed by atoms with van der Waals surface area (Å²) in [7, 11) is 3.10. The van der Waals surface area contributed by atoms with E-state index in [1.807, 2.05) is 4.90 Å². The maximum atomic E-state index is 12.8. The van der Waals surface area contributed by atoms with Crippen LogP contribution in [0.15, 0.2) is 41.0 Å². The third-order valence-corrected chi connectivity index (χ3v) is 4.46. The van der Waals surface area contributed by atoms with Crippen molar-refractivity contribution < 1.29 is 23.5 Å². The maximum Gasteiger partial charge on any atom is 0.257 e. The lowest BCUT2D eigenvalue weighted by atomic mass is 10.1. The number of ketones is 1. The highest BCUT2D eigenvalue weighted by Crippen LogP contribution is 2.26. The number of hydrogen-bond acceptors (Lipinski definition) is 6. The van der Waals surface area contributed by atoms with Gasteiger partial charge >= 0.3 is 0 Å². The second kappa shape index (κ2) is 8.05. The molecule has 1 aliphatic heterocycles. The zero-order chi connectivity index (χ0) is 18.5. The number of piperazine rings is 1. The van der Waals surface area contributed by atoms with Crippen LogP contribution in [0, 0.1) is 0 Å². The van der Waals surface area contributed by atoms with Crippen molar-refractivity contribution in [3.05, 3.63) is 47.9 Å². The van der Waals surface area contributed by atoms with E-state index in [0.717, 1.165) is 0 Å². The number of Topliss-reactive ketones (excluding diaryl/α,β-unsaturated/α-hetero) is 1. The van der Waals surface area contributed by atoms with Crippen LogP contribution in [0.25, 0.3) is 0 Å². The molecule has 0 atom stereocenters. The van der Waals surface area contributed by atoms with Crippen LogP contribution in [-0.4, -0.2) is 68.4 Å². The lowest BCUT2D eigenvalue weighted by Gasteiger charge is -2.34. The molecule has 1 fully saturated rings. The zero-order valence-electron chi connectivity index (χ0n) is 14.9. The Balaban J connectivity index is 1.59. The Bertz CT molecular complexity index is 764. The number of nitrogens with zero attached hydrogens (tertiary/aromatic N) is 2. The van der Waals surface area contributed by atoms with Crippen molar-refractivity contribution in [2.24, 2.45) is 0 Å². The first kappa shape index (κ1) is 18.0. The summed E-state index contributed by atoms with van der Waals surface area (Å²) >= 11 is 0. The van der Waals surface area contributed by atoms with E-state index in [2.05, 4.69) is 0 Å². The molecule has 2 heterocycles. The normalized spacial score (nSPS) is 14.9. The molecule has 3 rings (SSSR count). The van der Waals surface area contributed by atoms with Gasteiger partial charge in [0.2, 0.25) is 5.78 Å². The SMILES string of the molecule is COc1ccc(C(=O)N2CCN(CC(=O)c3ccco3)CC2)c(OC)c1. The first-order chi connectivity index (χ1) is 12.6. The summed E-state index contributed by atoms with van der Waals surface area (Å²) in [6.07, 6.45) is 1.49. The van der Waals surface area contributed by atoms with E-state index in [0.29, 0.717) is 55.5 Å². The van der Waals surface area contributed by atoms with Gasteiger partial charge in [0, 0.05) is 32.2 Å². The van der Waals surface area contributed by atoms with Gasteiger partial charge in [-0.3, -0.25) is 14.5 Å². The molecule has 0 unspecified atom stereocenters. The van der Waals surface area contributed by atoms with Gasteiger partial charge in [-0.15, -0.1) is 0 Å². The molecule has 2 aromatic rings. The van der Waals surface area contributed by atoms with Gasteiger partial charge in [0.15, 0.2) is 5.76 Å². The number of hydrogen-bond donors (Lipinski definition) is 0. The Labute approximate surface area is 152 Å². The van der Waals surface area contributed by atoms with Crippen molar-refractivity contribution in [1.82, 2.24) is 9.80 Å². The first-order valence-electron chi connectivity index (χ1n) is 8.42. The maximum absolute atomic E-state index is 12.8. The molecule has 1 aromatic heterocycles. The monoisotopic (exact) mass is 358 g/mol. The van der Waals surface area contributed by atoms with Gasteiger partial charge in [-0.05, 0) is 24.3 Å². The van der Waals surface area contributed by atoms with Gasteiger partial charge in [-0.25, -0.2) is 0 Å². The highest BCUT2D eigenvalue weighted by Gasteiger charge is 2.26. The van der Waals surface area contributed by atoms with Crippen molar-refractivity contribution in [1.29, 1.82) is 0 Å². The van der Waals surface area contributed by atoms with Crippen LogP contribution in [0.4, 0.5) is 0 Å². The molecule has 1 aliphatic rings. The van der Waals surface area contributed by atoms with Crippen LogP contribution in [0.2, 0.25) is 0 Å². The molecule has 7 heteroatoms.